The molecule has 1 amide bonds. The van der Waals surface area contributed by atoms with E-state index in [1.54, 1.807) is 17.4 Å². The van der Waals surface area contributed by atoms with E-state index in [4.69, 9.17) is 4.74 Å². The first-order valence-electron chi connectivity index (χ1n) is 7.24. The van der Waals surface area contributed by atoms with E-state index < -0.39 is 0 Å². The van der Waals surface area contributed by atoms with Crippen molar-refractivity contribution in [2.75, 3.05) is 45.9 Å². The summed E-state index contributed by atoms with van der Waals surface area (Å²) in [5.74, 6) is 0.0201. The molecule has 2 heterocycles. The molecular weight excluding hydrogens is 286 g/mol. The summed E-state index contributed by atoms with van der Waals surface area (Å²) < 4.78 is 5.41. The van der Waals surface area contributed by atoms with Crippen molar-refractivity contribution >= 4 is 17.2 Å². The molecule has 1 fully saturated rings. The third-order valence-corrected chi connectivity index (χ3v) is 4.40. The molecule has 1 aromatic heterocycles. The number of nitrogens with one attached hydrogen (secondary N) is 2. The molecule has 0 radical (unpaired) electrons. The summed E-state index contributed by atoms with van der Waals surface area (Å²) in [5.41, 5.74) is 0. The highest BCUT2D eigenvalue weighted by molar-refractivity contribution is 7.10. The highest BCUT2D eigenvalue weighted by Crippen LogP contribution is 2.25. The Morgan fingerprint density at radius 1 is 1.52 bits per heavy atom. The van der Waals surface area contributed by atoms with Crippen LogP contribution in [0, 0.1) is 0 Å². The molecule has 0 spiro atoms. The fraction of sp³-hybridized carbons (Fsp3) is 0.533. The van der Waals surface area contributed by atoms with E-state index in [9.17, 15) is 4.79 Å². The zero-order valence-corrected chi connectivity index (χ0v) is 13.0. The van der Waals surface area contributed by atoms with Gasteiger partial charge in [-0.25, -0.2) is 0 Å². The third-order valence-electron chi connectivity index (χ3n) is 3.42. The fourth-order valence-corrected chi connectivity index (χ4v) is 3.20. The summed E-state index contributed by atoms with van der Waals surface area (Å²) in [6.07, 6.45) is 1.75. The van der Waals surface area contributed by atoms with Crippen LogP contribution >= 0.6 is 11.3 Å². The van der Waals surface area contributed by atoms with Gasteiger partial charge in [0, 0.05) is 31.1 Å². The van der Waals surface area contributed by atoms with Crippen molar-refractivity contribution in [3.05, 3.63) is 35.0 Å². The number of amides is 1. The Hall–Kier alpha value is -1.21. The van der Waals surface area contributed by atoms with Crippen molar-refractivity contribution in [2.45, 2.75) is 6.04 Å². The SMILES string of the molecule is C=CCNCC(=O)NCC(c1cccs1)N1CCOCC1. The van der Waals surface area contributed by atoms with Gasteiger partial charge in [-0.05, 0) is 11.4 Å². The molecule has 2 N–H and O–H groups in total. The molecule has 0 saturated carbocycles. The minimum absolute atomic E-state index is 0.0201. The molecule has 1 aliphatic heterocycles. The third kappa shape index (κ3) is 5.24. The minimum atomic E-state index is 0.0201. The second kappa shape index (κ2) is 8.94. The Labute approximate surface area is 130 Å². The number of thiophene rings is 1. The minimum Gasteiger partial charge on any atom is -0.379 e. The molecule has 1 aromatic rings. The second-order valence-electron chi connectivity index (χ2n) is 4.90. The van der Waals surface area contributed by atoms with Gasteiger partial charge in [-0.15, -0.1) is 17.9 Å². The maximum Gasteiger partial charge on any atom is 0.234 e. The molecule has 21 heavy (non-hydrogen) atoms. The number of carbonyl (C=O) groups is 1. The van der Waals surface area contributed by atoms with Gasteiger partial charge in [-0.3, -0.25) is 9.69 Å². The lowest BCUT2D eigenvalue weighted by atomic mass is 10.2. The van der Waals surface area contributed by atoms with Crippen molar-refractivity contribution in [1.82, 2.24) is 15.5 Å². The van der Waals surface area contributed by atoms with Gasteiger partial charge in [0.15, 0.2) is 0 Å². The molecule has 0 bridgehead atoms. The molecule has 0 aromatic carbocycles. The van der Waals surface area contributed by atoms with E-state index in [0.717, 1.165) is 26.3 Å². The summed E-state index contributed by atoms with van der Waals surface area (Å²) in [5, 5.41) is 8.11. The molecule has 6 heteroatoms. The molecule has 1 unspecified atom stereocenters. The molecule has 2 rings (SSSR count). The zero-order valence-electron chi connectivity index (χ0n) is 12.2. The van der Waals surface area contributed by atoms with Crippen LogP contribution < -0.4 is 10.6 Å². The van der Waals surface area contributed by atoms with Crippen molar-refractivity contribution < 1.29 is 9.53 Å². The average Bonchev–Trinajstić information content (AvgIpc) is 3.03. The predicted octanol–water partition coefficient (Wildman–Crippen LogP) is 1.01. The van der Waals surface area contributed by atoms with Crippen LogP contribution in [0.5, 0.6) is 0 Å². The molecule has 1 aliphatic rings. The van der Waals surface area contributed by atoms with Crippen LogP contribution in [-0.2, 0) is 9.53 Å². The van der Waals surface area contributed by atoms with Crippen LogP contribution in [0.15, 0.2) is 30.2 Å². The van der Waals surface area contributed by atoms with E-state index in [-0.39, 0.29) is 11.9 Å². The first-order valence-corrected chi connectivity index (χ1v) is 8.12. The lowest BCUT2D eigenvalue weighted by Crippen LogP contribution is -2.44. The number of rotatable bonds is 8. The first kappa shape index (κ1) is 16.2. The van der Waals surface area contributed by atoms with E-state index in [2.05, 4.69) is 39.6 Å². The number of morpholine rings is 1. The molecule has 1 atom stereocenters. The number of carbonyl (C=O) groups excluding carboxylic acids is 1. The molecule has 1 saturated heterocycles. The van der Waals surface area contributed by atoms with Crippen LogP contribution in [0.3, 0.4) is 0 Å². The van der Waals surface area contributed by atoms with Crippen LogP contribution in [0.2, 0.25) is 0 Å². The molecule has 5 nitrogen and oxygen atoms in total. The summed E-state index contributed by atoms with van der Waals surface area (Å²) in [7, 11) is 0. The predicted molar refractivity (Wildman–Crippen MR) is 85.5 cm³/mol. The number of hydrogen-bond donors (Lipinski definition) is 2. The topological polar surface area (TPSA) is 53.6 Å². The van der Waals surface area contributed by atoms with Gasteiger partial charge >= 0.3 is 0 Å². The van der Waals surface area contributed by atoms with Crippen molar-refractivity contribution in [2.24, 2.45) is 0 Å². The lowest BCUT2D eigenvalue weighted by molar-refractivity contribution is -0.120. The van der Waals surface area contributed by atoms with Crippen LogP contribution in [0.4, 0.5) is 0 Å². The number of ether oxygens (including phenoxy) is 1. The number of hydrogen-bond acceptors (Lipinski definition) is 5. The quantitative estimate of drug-likeness (QED) is 0.556. The maximum absolute atomic E-state index is 11.8. The van der Waals surface area contributed by atoms with Crippen molar-refractivity contribution in [3.8, 4) is 0 Å². The van der Waals surface area contributed by atoms with Gasteiger partial charge in [0.25, 0.3) is 0 Å². The molecule has 116 valence electrons. The highest BCUT2D eigenvalue weighted by Gasteiger charge is 2.23. The van der Waals surface area contributed by atoms with Gasteiger partial charge in [-0.1, -0.05) is 12.1 Å². The van der Waals surface area contributed by atoms with Crippen molar-refractivity contribution in [3.63, 3.8) is 0 Å². The monoisotopic (exact) mass is 309 g/mol. The summed E-state index contributed by atoms with van der Waals surface area (Å²) >= 11 is 1.74. The van der Waals surface area contributed by atoms with Crippen molar-refractivity contribution in [1.29, 1.82) is 0 Å². The normalized spacial score (nSPS) is 17.3. The largest absolute Gasteiger partial charge is 0.379 e. The van der Waals surface area contributed by atoms with Gasteiger partial charge < -0.3 is 15.4 Å². The Balaban J connectivity index is 1.87. The highest BCUT2D eigenvalue weighted by atomic mass is 32.1. The molecule has 0 aliphatic carbocycles. The smallest absolute Gasteiger partial charge is 0.234 e. The fourth-order valence-electron chi connectivity index (χ4n) is 2.34. The second-order valence-corrected chi connectivity index (χ2v) is 5.88. The van der Waals surface area contributed by atoms with Gasteiger partial charge in [0.2, 0.25) is 5.91 Å². The maximum atomic E-state index is 11.8. The summed E-state index contributed by atoms with van der Waals surface area (Å²) in [6.45, 7) is 8.56. The van der Waals surface area contributed by atoms with E-state index >= 15 is 0 Å². The zero-order chi connectivity index (χ0) is 14.9. The van der Waals surface area contributed by atoms with Crippen LogP contribution in [0.1, 0.15) is 10.9 Å². The number of nitrogens with zero attached hydrogens (tertiary/aromatic N) is 1. The summed E-state index contributed by atoms with van der Waals surface area (Å²) in [6, 6.07) is 4.42. The Bertz CT molecular complexity index is 430. The van der Waals surface area contributed by atoms with Gasteiger partial charge in [-0.2, -0.15) is 0 Å². The van der Waals surface area contributed by atoms with Crippen LogP contribution in [0.25, 0.3) is 0 Å². The Morgan fingerprint density at radius 3 is 3.00 bits per heavy atom. The van der Waals surface area contributed by atoms with Crippen LogP contribution in [-0.4, -0.2) is 56.7 Å². The van der Waals surface area contributed by atoms with E-state index in [0.29, 0.717) is 19.6 Å². The van der Waals surface area contributed by atoms with E-state index in [1.165, 1.54) is 4.88 Å². The van der Waals surface area contributed by atoms with Gasteiger partial charge in [0.1, 0.15) is 0 Å². The average molecular weight is 309 g/mol. The standard InChI is InChI=1S/C15H23N3O2S/c1-2-5-16-12-15(19)17-11-13(14-4-3-10-21-14)18-6-8-20-9-7-18/h2-4,10,13,16H,1,5-9,11-12H2,(H,17,19). The summed E-state index contributed by atoms with van der Waals surface area (Å²) in [4.78, 5) is 15.5. The van der Waals surface area contributed by atoms with E-state index in [1.807, 2.05) is 0 Å². The van der Waals surface area contributed by atoms with Gasteiger partial charge in [0.05, 0.1) is 25.8 Å². The lowest BCUT2D eigenvalue weighted by Gasteiger charge is -2.34. The Morgan fingerprint density at radius 2 is 2.33 bits per heavy atom. The first-order chi connectivity index (χ1) is 10.3. The Kier molecular flexibility index (Phi) is 6.88. The molecular formula is C15H23N3O2S.